The van der Waals surface area contributed by atoms with Gasteiger partial charge in [0.1, 0.15) is 0 Å². The molecule has 0 amide bonds. The van der Waals surface area contributed by atoms with Crippen LogP contribution in [0.15, 0.2) is 0 Å². The van der Waals surface area contributed by atoms with Gasteiger partial charge in [-0.15, -0.1) is 0 Å². The number of aliphatic hydroxyl groups is 1. The zero-order valence-electron chi connectivity index (χ0n) is 7.90. The highest BCUT2D eigenvalue weighted by atomic mass is 16.2. The molecular weight excluding hydrogens is 152 g/mol. The highest BCUT2D eigenvalue weighted by molar-refractivity contribution is 4.91. The van der Waals surface area contributed by atoms with Crippen molar-refractivity contribution in [3.05, 3.63) is 0 Å². The topological polar surface area (TPSA) is 44.3 Å². The molecule has 1 atom stereocenters. The summed E-state index contributed by atoms with van der Waals surface area (Å²) >= 11 is 0. The first-order chi connectivity index (χ1) is 5.77. The molecule has 1 heterocycles. The first-order valence-corrected chi connectivity index (χ1v) is 4.83. The lowest BCUT2D eigenvalue weighted by Gasteiger charge is -2.24. The van der Waals surface area contributed by atoms with Crippen molar-refractivity contribution in [2.24, 2.45) is 0 Å². The van der Waals surface area contributed by atoms with Crippen LogP contribution in [0.4, 0.5) is 0 Å². The first-order valence-electron chi connectivity index (χ1n) is 4.83. The Labute approximate surface area is 74.5 Å². The Balaban J connectivity index is 2.05. The monoisotopic (exact) mass is 172 g/mol. The third kappa shape index (κ3) is 3.09. The third-order valence-electron chi connectivity index (χ3n) is 2.51. The van der Waals surface area contributed by atoms with E-state index in [4.69, 9.17) is 5.11 Å². The zero-order valence-corrected chi connectivity index (χ0v) is 7.90. The van der Waals surface area contributed by atoms with Crippen LogP contribution in [0, 0.1) is 0 Å². The minimum Gasteiger partial charge on any atom is -0.396 e. The van der Waals surface area contributed by atoms with Crippen LogP contribution in [0.2, 0.25) is 0 Å². The van der Waals surface area contributed by atoms with E-state index in [1.807, 2.05) is 0 Å². The smallest absolute Gasteiger partial charge is 0.0431 e. The molecule has 0 radical (unpaired) electrons. The van der Waals surface area contributed by atoms with Gasteiger partial charge in [0.25, 0.3) is 0 Å². The molecule has 0 aromatic rings. The molecule has 3 N–H and O–H groups in total. The number of hydrogen-bond acceptors (Lipinski definition) is 3. The fourth-order valence-electron chi connectivity index (χ4n) is 1.59. The number of nitrogens with one attached hydrogen (secondary N) is 2. The van der Waals surface area contributed by atoms with Gasteiger partial charge in [-0.2, -0.15) is 0 Å². The van der Waals surface area contributed by atoms with Crippen LogP contribution in [0.3, 0.4) is 0 Å². The minimum atomic E-state index is 0.301. The lowest BCUT2D eigenvalue weighted by molar-refractivity contribution is 0.279. The van der Waals surface area contributed by atoms with E-state index in [2.05, 4.69) is 17.6 Å². The Morgan fingerprint density at radius 3 is 2.92 bits per heavy atom. The predicted molar refractivity (Wildman–Crippen MR) is 50.2 cm³/mol. The number of unbranched alkanes of at least 4 members (excludes halogenated alkanes) is 1. The fourth-order valence-corrected chi connectivity index (χ4v) is 1.59. The van der Waals surface area contributed by atoms with E-state index in [0.717, 1.165) is 32.5 Å². The minimum absolute atomic E-state index is 0.301. The Morgan fingerprint density at radius 1 is 1.50 bits per heavy atom. The normalized spacial score (nSPS) is 29.5. The molecule has 3 nitrogen and oxygen atoms in total. The van der Waals surface area contributed by atoms with E-state index in [9.17, 15) is 0 Å². The van der Waals surface area contributed by atoms with Crippen molar-refractivity contribution in [3.63, 3.8) is 0 Å². The van der Waals surface area contributed by atoms with Crippen molar-refractivity contribution in [2.75, 3.05) is 26.2 Å². The van der Waals surface area contributed by atoms with Gasteiger partial charge in [0.05, 0.1) is 0 Å². The van der Waals surface area contributed by atoms with E-state index in [1.54, 1.807) is 0 Å². The van der Waals surface area contributed by atoms with Crippen LogP contribution in [-0.2, 0) is 0 Å². The Hall–Kier alpha value is -0.120. The van der Waals surface area contributed by atoms with Gasteiger partial charge >= 0.3 is 0 Å². The highest BCUT2D eigenvalue weighted by Gasteiger charge is 2.26. The maximum atomic E-state index is 8.58. The van der Waals surface area contributed by atoms with Crippen LogP contribution < -0.4 is 10.6 Å². The van der Waals surface area contributed by atoms with Crippen LogP contribution in [0.5, 0.6) is 0 Å². The molecule has 0 aliphatic carbocycles. The SMILES string of the molecule is CC1(NCCCCO)CCNC1. The molecule has 3 heteroatoms. The molecule has 1 aliphatic heterocycles. The summed E-state index contributed by atoms with van der Waals surface area (Å²) < 4.78 is 0. The van der Waals surface area contributed by atoms with Gasteiger partial charge in [0.2, 0.25) is 0 Å². The quantitative estimate of drug-likeness (QED) is 0.515. The molecule has 1 unspecified atom stereocenters. The van der Waals surface area contributed by atoms with Crippen molar-refractivity contribution >= 4 is 0 Å². The second kappa shape index (κ2) is 4.80. The third-order valence-corrected chi connectivity index (χ3v) is 2.51. The standard InChI is InChI=1S/C9H20N2O/c1-9(4-6-10-8-9)11-5-2-3-7-12/h10-12H,2-8H2,1H3. The maximum absolute atomic E-state index is 8.58. The summed E-state index contributed by atoms with van der Waals surface area (Å²) in [6.07, 6.45) is 3.20. The molecule has 1 aliphatic rings. The Kier molecular flexibility index (Phi) is 3.98. The lowest BCUT2D eigenvalue weighted by atomic mass is 10.0. The van der Waals surface area contributed by atoms with Crippen LogP contribution in [0.1, 0.15) is 26.2 Å². The van der Waals surface area contributed by atoms with E-state index < -0.39 is 0 Å². The molecule has 0 aromatic heterocycles. The molecular formula is C9H20N2O. The summed E-state index contributed by atoms with van der Waals surface area (Å²) in [4.78, 5) is 0. The van der Waals surface area contributed by atoms with Crippen molar-refractivity contribution in [1.29, 1.82) is 0 Å². The van der Waals surface area contributed by atoms with Gasteiger partial charge in [-0.1, -0.05) is 0 Å². The lowest BCUT2D eigenvalue weighted by Crippen LogP contribution is -2.44. The summed E-state index contributed by atoms with van der Waals surface area (Å²) in [6.45, 7) is 5.80. The van der Waals surface area contributed by atoms with Crippen LogP contribution >= 0.6 is 0 Å². The van der Waals surface area contributed by atoms with Gasteiger partial charge in [0, 0.05) is 18.7 Å². The van der Waals surface area contributed by atoms with E-state index in [1.165, 1.54) is 6.42 Å². The van der Waals surface area contributed by atoms with E-state index in [-0.39, 0.29) is 0 Å². The summed E-state index contributed by atoms with van der Waals surface area (Å²) in [5.41, 5.74) is 0.301. The molecule has 1 saturated heterocycles. The molecule has 1 fully saturated rings. The summed E-state index contributed by atoms with van der Waals surface area (Å²) in [6, 6.07) is 0. The van der Waals surface area contributed by atoms with Crippen LogP contribution in [-0.4, -0.2) is 36.9 Å². The van der Waals surface area contributed by atoms with Gasteiger partial charge in [0.15, 0.2) is 0 Å². The summed E-state index contributed by atoms with van der Waals surface area (Å²) in [5.74, 6) is 0. The van der Waals surface area contributed by atoms with Crippen molar-refractivity contribution in [1.82, 2.24) is 10.6 Å². The highest BCUT2D eigenvalue weighted by Crippen LogP contribution is 2.12. The average molecular weight is 172 g/mol. The number of hydrogen-bond donors (Lipinski definition) is 3. The largest absolute Gasteiger partial charge is 0.396 e. The van der Waals surface area contributed by atoms with Crippen molar-refractivity contribution in [2.45, 2.75) is 31.7 Å². The summed E-state index contributed by atoms with van der Waals surface area (Å²) in [7, 11) is 0. The molecule has 72 valence electrons. The Bertz CT molecular complexity index is 122. The van der Waals surface area contributed by atoms with Gasteiger partial charge in [-0.25, -0.2) is 0 Å². The van der Waals surface area contributed by atoms with Gasteiger partial charge in [-0.05, 0) is 39.3 Å². The van der Waals surface area contributed by atoms with Crippen molar-refractivity contribution < 1.29 is 5.11 Å². The summed E-state index contributed by atoms with van der Waals surface area (Å²) in [5, 5.41) is 15.4. The molecule has 0 saturated carbocycles. The van der Waals surface area contributed by atoms with E-state index in [0.29, 0.717) is 12.1 Å². The second-order valence-electron chi connectivity index (χ2n) is 3.84. The fraction of sp³-hybridized carbons (Fsp3) is 1.00. The van der Waals surface area contributed by atoms with Gasteiger partial charge in [-0.3, -0.25) is 0 Å². The van der Waals surface area contributed by atoms with Crippen LogP contribution in [0.25, 0.3) is 0 Å². The van der Waals surface area contributed by atoms with Gasteiger partial charge < -0.3 is 15.7 Å². The molecule has 1 rings (SSSR count). The molecule has 12 heavy (non-hydrogen) atoms. The second-order valence-corrected chi connectivity index (χ2v) is 3.84. The number of aliphatic hydroxyl groups excluding tert-OH is 1. The molecule has 0 bridgehead atoms. The predicted octanol–water partition coefficient (Wildman–Crippen LogP) is 0.100. The first kappa shape index (κ1) is 9.96. The maximum Gasteiger partial charge on any atom is 0.0431 e. The van der Waals surface area contributed by atoms with E-state index >= 15 is 0 Å². The Morgan fingerprint density at radius 2 is 2.33 bits per heavy atom. The molecule has 0 spiro atoms. The number of rotatable bonds is 5. The zero-order chi connectivity index (χ0) is 8.86. The van der Waals surface area contributed by atoms with Crippen molar-refractivity contribution in [3.8, 4) is 0 Å². The molecule has 0 aromatic carbocycles. The average Bonchev–Trinajstić information content (AvgIpc) is 2.47.